The standard InChI is InChI=1S/C20H27NO4/c1-2-25-20(23)18(14-15-6-4-3-5-7-15)21(17-8-9-17)19(22)16-10-12-24-13-11-16/h3-7,16-18H,2,8-14H2,1H3/t18-/m1/s1. The smallest absolute Gasteiger partial charge is 0.329 e. The summed E-state index contributed by atoms with van der Waals surface area (Å²) in [6.07, 6.45) is 3.93. The van der Waals surface area contributed by atoms with E-state index in [9.17, 15) is 9.59 Å². The average molecular weight is 345 g/mol. The van der Waals surface area contributed by atoms with Gasteiger partial charge in [-0.2, -0.15) is 0 Å². The van der Waals surface area contributed by atoms with E-state index in [1.165, 1.54) is 0 Å². The fourth-order valence-electron chi connectivity index (χ4n) is 3.47. The summed E-state index contributed by atoms with van der Waals surface area (Å²) in [5.74, 6) is -0.236. The molecule has 5 heteroatoms. The molecule has 2 fully saturated rings. The van der Waals surface area contributed by atoms with Gasteiger partial charge in [-0.05, 0) is 38.2 Å². The quantitative estimate of drug-likeness (QED) is 0.713. The molecule has 1 atom stereocenters. The molecule has 136 valence electrons. The van der Waals surface area contributed by atoms with E-state index in [-0.39, 0.29) is 23.8 Å². The van der Waals surface area contributed by atoms with Gasteiger partial charge < -0.3 is 14.4 Å². The highest BCUT2D eigenvalue weighted by Gasteiger charge is 2.43. The van der Waals surface area contributed by atoms with Crippen molar-refractivity contribution in [1.82, 2.24) is 4.90 Å². The van der Waals surface area contributed by atoms with Crippen molar-refractivity contribution >= 4 is 11.9 Å². The Balaban J connectivity index is 1.81. The van der Waals surface area contributed by atoms with Crippen molar-refractivity contribution in [1.29, 1.82) is 0 Å². The highest BCUT2D eigenvalue weighted by molar-refractivity contribution is 5.86. The molecule has 1 aliphatic carbocycles. The highest BCUT2D eigenvalue weighted by Crippen LogP contribution is 2.33. The largest absolute Gasteiger partial charge is 0.464 e. The van der Waals surface area contributed by atoms with Crippen molar-refractivity contribution < 1.29 is 19.1 Å². The van der Waals surface area contributed by atoms with Crippen LogP contribution in [0.15, 0.2) is 30.3 Å². The third-order valence-electron chi connectivity index (χ3n) is 4.93. The van der Waals surface area contributed by atoms with Crippen LogP contribution in [0.2, 0.25) is 0 Å². The van der Waals surface area contributed by atoms with Crippen LogP contribution in [-0.4, -0.2) is 48.7 Å². The molecule has 5 nitrogen and oxygen atoms in total. The van der Waals surface area contributed by atoms with Crippen LogP contribution in [0.25, 0.3) is 0 Å². The second-order valence-corrected chi connectivity index (χ2v) is 6.82. The number of hydrogen-bond donors (Lipinski definition) is 0. The summed E-state index contributed by atoms with van der Waals surface area (Å²) in [5.41, 5.74) is 1.05. The van der Waals surface area contributed by atoms with Crippen LogP contribution in [0.4, 0.5) is 0 Å². The molecular formula is C20H27NO4. The van der Waals surface area contributed by atoms with Gasteiger partial charge in [0.25, 0.3) is 0 Å². The number of ether oxygens (including phenoxy) is 2. The summed E-state index contributed by atoms with van der Waals surface area (Å²) in [5, 5.41) is 0. The second-order valence-electron chi connectivity index (χ2n) is 6.82. The Bertz CT molecular complexity index is 579. The van der Waals surface area contributed by atoms with Crippen LogP contribution >= 0.6 is 0 Å². The maximum Gasteiger partial charge on any atom is 0.329 e. The summed E-state index contributed by atoms with van der Waals surface area (Å²) >= 11 is 0. The first-order valence-corrected chi connectivity index (χ1v) is 9.31. The molecule has 3 rings (SSSR count). The van der Waals surface area contributed by atoms with Gasteiger partial charge in [-0.25, -0.2) is 4.79 Å². The van der Waals surface area contributed by atoms with Gasteiger partial charge in [-0.3, -0.25) is 4.79 Å². The van der Waals surface area contributed by atoms with E-state index in [0.29, 0.717) is 26.2 Å². The molecule has 0 radical (unpaired) electrons. The van der Waals surface area contributed by atoms with Crippen LogP contribution in [0, 0.1) is 5.92 Å². The number of benzene rings is 1. The first-order chi connectivity index (χ1) is 12.2. The predicted molar refractivity (Wildman–Crippen MR) is 94.0 cm³/mol. The lowest BCUT2D eigenvalue weighted by Gasteiger charge is -2.34. The summed E-state index contributed by atoms with van der Waals surface area (Å²) < 4.78 is 10.7. The summed E-state index contributed by atoms with van der Waals surface area (Å²) in [6, 6.07) is 9.50. The predicted octanol–water partition coefficient (Wildman–Crippen LogP) is 2.58. The number of carbonyl (C=O) groups is 2. The van der Waals surface area contributed by atoms with E-state index in [2.05, 4.69) is 0 Å². The number of hydrogen-bond acceptors (Lipinski definition) is 4. The fourth-order valence-corrected chi connectivity index (χ4v) is 3.47. The van der Waals surface area contributed by atoms with E-state index < -0.39 is 6.04 Å². The van der Waals surface area contributed by atoms with Crippen molar-refractivity contribution in [3.63, 3.8) is 0 Å². The topological polar surface area (TPSA) is 55.8 Å². The minimum atomic E-state index is -0.537. The molecule has 1 saturated carbocycles. The maximum absolute atomic E-state index is 13.2. The molecule has 0 N–H and O–H groups in total. The van der Waals surface area contributed by atoms with Gasteiger partial charge in [-0.1, -0.05) is 30.3 Å². The summed E-state index contributed by atoms with van der Waals surface area (Å²) in [7, 11) is 0. The number of amides is 1. The Hall–Kier alpha value is -1.88. The van der Waals surface area contributed by atoms with Gasteiger partial charge in [-0.15, -0.1) is 0 Å². The van der Waals surface area contributed by atoms with Crippen molar-refractivity contribution in [3.05, 3.63) is 35.9 Å². The Labute approximate surface area is 149 Å². The van der Waals surface area contributed by atoms with E-state index in [4.69, 9.17) is 9.47 Å². The highest BCUT2D eigenvalue weighted by atomic mass is 16.5. The number of nitrogens with zero attached hydrogens (tertiary/aromatic N) is 1. The minimum absolute atomic E-state index is 0.0398. The molecule has 25 heavy (non-hydrogen) atoms. The molecule has 0 unspecified atom stereocenters. The second kappa shape index (κ2) is 8.48. The zero-order chi connectivity index (χ0) is 17.6. The van der Waals surface area contributed by atoms with Crippen molar-refractivity contribution in [2.24, 2.45) is 5.92 Å². The lowest BCUT2D eigenvalue weighted by molar-refractivity contribution is -0.158. The Morgan fingerprint density at radius 1 is 1.16 bits per heavy atom. The molecule has 2 aliphatic rings. The normalized spacial score (nSPS) is 19.2. The van der Waals surface area contributed by atoms with Crippen LogP contribution in [0.5, 0.6) is 0 Å². The van der Waals surface area contributed by atoms with Crippen LogP contribution < -0.4 is 0 Å². The van der Waals surface area contributed by atoms with E-state index >= 15 is 0 Å². The molecule has 1 aromatic carbocycles. The number of esters is 1. The number of rotatable bonds is 7. The third-order valence-corrected chi connectivity index (χ3v) is 4.93. The zero-order valence-corrected chi connectivity index (χ0v) is 14.9. The molecule has 0 spiro atoms. The fraction of sp³-hybridized carbons (Fsp3) is 0.600. The Kier molecular flexibility index (Phi) is 6.08. The van der Waals surface area contributed by atoms with Crippen LogP contribution in [0.1, 0.15) is 38.2 Å². The van der Waals surface area contributed by atoms with Crippen molar-refractivity contribution in [3.8, 4) is 0 Å². The molecule has 1 aromatic rings. The number of carbonyl (C=O) groups excluding carboxylic acids is 2. The third kappa shape index (κ3) is 4.60. The maximum atomic E-state index is 13.2. The Morgan fingerprint density at radius 3 is 2.44 bits per heavy atom. The Morgan fingerprint density at radius 2 is 1.84 bits per heavy atom. The van der Waals surface area contributed by atoms with E-state index in [1.807, 2.05) is 35.2 Å². The van der Waals surface area contributed by atoms with Crippen molar-refractivity contribution in [2.75, 3.05) is 19.8 Å². The molecule has 1 saturated heterocycles. The van der Waals surface area contributed by atoms with Crippen LogP contribution in [-0.2, 0) is 25.5 Å². The minimum Gasteiger partial charge on any atom is -0.464 e. The SMILES string of the molecule is CCOC(=O)[C@@H](Cc1ccccc1)N(C(=O)C1CCOCC1)C1CC1. The first-order valence-electron chi connectivity index (χ1n) is 9.31. The van der Waals surface area contributed by atoms with Crippen LogP contribution in [0.3, 0.4) is 0 Å². The van der Waals surface area contributed by atoms with Gasteiger partial charge in [0.2, 0.25) is 5.91 Å². The van der Waals surface area contributed by atoms with E-state index in [1.54, 1.807) is 6.92 Å². The first kappa shape index (κ1) is 17.9. The molecular weight excluding hydrogens is 318 g/mol. The lowest BCUT2D eigenvalue weighted by atomic mass is 9.96. The van der Waals surface area contributed by atoms with Crippen molar-refractivity contribution in [2.45, 2.75) is 51.1 Å². The average Bonchev–Trinajstić information content (AvgIpc) is 3.48. The molecule has 0 bridgehead atoms. The summed E-state index contributed by atoms with van der Waals surface area (Å²) in [6.45, 7) is 3.38. The zero-order valence-electron chi connectivity index (χ0n) is 14.9. The lowest BCUT2D eigenvalue weighted by Crippen LogP contribution is -2.51. The molecule has 1 aliphatic heterocycles. The van der Waals surface area contributed by atoms with Gasteiger partial charge in [0.1, 0.15) is 6.04 Å². The molecule has 1 heterocycles. The van der Waals surface area contributed by atoms with E-state index in [0.717, 1.165) is 31.2 Å². The van der Waals surface area contributed by atoms with Gasteiger partial charge >= 0.3 is 5.97 Å². The summed E-state index contributed by atoms with van der Waals surface area (Å²) in [4.78, 5) is 27.7. The monoisotopic (exact) mass is 345 g/mol. The van der Waals surface area contributed by atoms with Gasteiger partial charge in [0.15, 0.2) is 0 Å². The molecule has 0 aromatic heterocycles. The molecule has 1 amide bonds. The van der Waals surface area contributed by atoms with Gasteiger partial charge in [0, 0.05) is 31.6 Å². The van der Waals surface area contributed by atoms with Gasteiger partial charge in [0.05, 0.1) is 6.61 Å².